The lowest BCUT2D eigenvalue weighted by Crippen LogP contribution is -2.49. The molecular formula is C28H39FN6O4. The van der Waals surface area contributed by atoms with Crippen molar-refractivity contribution in [2.45, 2.75) is 76.5 Å². The summed E-state index contributed by atoms with van der Waals surface area (Å²) < 4.78 is 15.4. The minimum Gasteiger partial charge on any atom is -0.480 e. The number of hydrogen-bond donors (Lipinski definition) is 4. The molecule has 0 aliphatic carbocycles. The summed E-state index contributed by atoms with van der Waals surface area (Å²) in [4.78, 5) is 40.6. The van der Waals surface area contributed by atoms with Crippen LogP contribution < -0.4 is 11.1 Å². The summed E-state index contributed by atoms with van der Waals surface area (Å²) in [5.74, 6) is -1.39. The average Bonchev–Trinajstić information content (AvgIpc) is 3.63. The van der Waals surface area contributed by atoms with Crippen LogP contribution in [-0.4, -0.2) is 87.5 Å². The van der Waals surface area contributed by atoms with Gasteiger partial charge in [0.1, 0.15) is 18.6 Å². The summed E-state index contributed by atoms with van der Waals surface area (Å²) >= 11 is 0. The SMILES string of the molecule is CC(=O)N[C@@H](CCN1CCC[C@@H]1C(=O)N1CCC[C@H]1CCc1cc2ccc(C(=N)N)cc2n1CCF)C(=O)O. The second kappa shape index (κ2) is 12.6. The number of aryl methyl sites for hydroxylation is 2. The quantitative estimate of drug-likeness (QED) is 0.239. The van der Waals surface area contributed by atoms with Crippen molar-refractivity contribution in [3.63, 3.8) is 0 Å². The lowest BCUT2D eigenvalue weighted by Gasteiger charge is -2.32. The summed E-state index contributed by atoms with van der Waals surface area (Å²) in [6.07, 6.45) is 5.17. The van der Waals surface area contributed by atoms with E-state index in [2.05, 4.69) is 16.3 Å². The molecule has 11 heteroatoms. The predicted octanol–water partition coefficient (Wildman–Crippen LogP) is 2.26. The molecule has 212 valence electrons. The second-order valence-corrected chi connectivity index (χ2v) is 10.6. The normalized spacial score (nSPS) is 20.4. The number of fused-ring (bicyclic) bond motifs is 1. The number of rotatable bonds is 12. The highest BCUT2D eigenvalue weighted by Crippen LogP contribution is 2.29. The van der Waals surface area contributed by atoms with Crippen LogP contribution in [0.2, 0.25) is 0 Å². The Balaban J connectivity index is 1.42. The smallest absolute Gasteiger partial charge is 0.326 e. The molecule has 2 amide bonds. The molecule has 0 saturated carbocycles. The number of nitrogen functional groups attached to an aromatic ring is 1. The molecule has 0 radical (unpaired) electrons. The fraction of sp³-hybridized carbons (Fsp3) is 0.571. The third-order valence-electron chi connectivity index (χ3n) is 8.03. The summed E-state index contributed by atoms with van der Waals surface area (Å²) in [7, 11) is 0. The molecule has 2 fully saturated rings. The second-order valence-electron chi connectivity index (χ2n) is 10.6. The van der Waals surface area contributed by atoms with Gasteiger partial charge in [0.2, 0.25) is 11.8 Å². The maximum Gasteiger partial charge on any atom is 0.326 e. The number of amidine groups is 1. The molecule has 0 bridgehead atoms. The first-order valence-electron chi connectivity index (χ1n) is 13.8. The first-order chi connectivity index (χ1) is 18.7. The van der Waals surface area contributed by atoms with Crippen LogP contribution >= 0.6 is 0 Å². The van der Waals surface area contributed by atoms with E-state index in [1.165, 1.54) is 6.92 Å². The van der Waals surface area contributed by atoms with Crippen LogP contribution in [0.15, 0.2) is 24.3 Å². The van der Waals surface area contributed by atoms with Gasteiger partial charge < -0.3 is 25.6 Å². The maximum atomic E-state index is 13.7. The fourth-order valence-electron chi connectivity index (χ4n) is 6.14. The Morgan fingerprint density at radius 1 is 1.18 bits per heavy atom. The lowest BCUT2D eigenvalue weighted by molar-refractivity contribution is -0.142. The highest BCUT2D eigenvalue weighted by molar-refractivity contribution is 5.98. The topological polar surface area (TPSA) is 145 Å². The molecule has 1 aromatic heterocycles. The molecule has 1 aromatic carbocycles. The Morgan fingerprint density at radius 2 is 1.95 bits per heavy atom. The van der Waals surface area contributed by atoms with Crippen LogP contribution in [0.5, 0.6) is 0 Å². The van der Waals surface area contributed by atoms with E-state index in [0.717, 1.165) is 55.2 Å². The van der Waals surface area contributed by atoms with E-state index >= 15 is 0 Å². The number of nitrogens with two attached hydrogens (primary N) is 1. The molecule has 3 atom stereocenters. The first-order valence-corrected chi connectivity index (χ1v) is 13.8. The number of carboxylic acids is 1. The van der Waals surface area contributed by atoms with Crippen LogP contribution in [0.25, 0.3) is 10.9 Å². The monoisotopic (exact) mass is 542 g/mol. The molecule has 2 saturated heterocycles. The van der Waals surface area contributed by atoms with Gasteiger partial charge in [0.05, 0.1) is 12.6 Å². The number of carbonyl (C=O) groups excluding carboxylic acids is 2. The molecule has 10 nitrogen and oxygen atoms in total. The number of hydrogen-bond acceptors (Lipinski definition) is 5. The van der Waals surface area contributed by atoms with E-state index in [4.69, 9.17) is 11.1 Å². The van der Waals surface area contributed by atoms with Gasteiger partial charge in [0, 0.05) is 42.8 Å². The number of aliphatic carboxylic acids is 1. The fourth-order valence-corrected chi connectivity index (χ4v) is 6.14. The van der Waals surface area contributed by atoms with Crippen molar-refractivity contribution in [1.82, 2.24) is 19.7 Å². The standard InChI is InChI=1S/C28H39FN6O4/c1-18(36)32-23(28(38)39)10-14-33-12-3-5-24(33)27(37)35-13-2-4-21(35)8-9-22-16-19-6-7-20(26(30)31)17-25(19)34(22)15-11-29/h6-7,16-17,21,23-24H,2-5,8-15H2,1H3,(H3,30,31)(H,32,36)(H,38,39)/t21-,23-,24+/m0/s1. The summed E-state index contributed by atoms with van der Waals surface area (Å²) in [5, 5.41) is 20.6. The van der Waals surface area contributed by atoms with Crippen LogP contribution in [0, 0.1) is 5.41 Å². The molecular weight excluding hydrogens is 503 g/mol. The van der Waals surface area contributed by atoms with Crippen molar-refractivity contribution in [1.29, 1.82) is 5.41 Å². The van der Waals surface area contributed by atoms with Crippen molar-refractivity contribution in [3.05, 3.63) is 35.5 Å². The van der Waals surface area contributed by atoms with Gasteiger partial charge in [0.15, 0.2) is 0 Å². The largest absolute Gasteiger partial charge is 0.480 e. The third kappa shape index (κ3) is 6.58. The Hall–Kier alpha value is -3.47. The Labute approximate surface area is 227 Å². The molecule has 0 spiro atoms. The number of nitrogens with zero attached hydrogens (tertiary/aromatic N) is 3. The number of nitrogens with one attached hydrogen (secondary N) is 2. The number of halogens is 1. The highest BCUT2D eigenvalue weighted by Gasteiger charge is 2.38. The number of amides is 2. The number of benzene rings is 1. The van der Waals surface area contributed by atoms with Crippen molar-refractivity contribution >= 4 is 34.5 Å². The minimum atomic E-state index is -1.07. The highest BCUT2D eigenvalue weighted by atomic mass is 19.1. The van der Waals surface area contributed by atoms with Gasteiger partial charge >= 0.3 is 5.97 Å². The van der Waals surface area contributed by atoms with Crippen LogP contribution in [0.3, 0.4) is 0 Å². The van der Waals surface area contributed by atoms with Crippen LogP contribution in [-0.2, 0) is 27.3 Å². The maximum absolute atomic E-state index is 13.7. The third-order valence-corrected chi connectivity index (χ3v) is 8.03. The number of aromatic nitrogens is 1. The average molecular weight is 543 g/mol. The van der Waals surface area contributed by atoms with Gasteiger partial charge in [-0.1, -0.05) is 12.1 Å². The zero-order valence-corrected chi connectivity index (χ0v) is 22.5. The van der Waals surface area contributed by atoms with E-state index in [0.29, 0.717) is 25.1 Å². The van der Waals surface area contributed by atoms with Crippen molar-refractivity contribution < 1.29 is 23.9 Å². The van der Waals surface area contributed by atoms with Gasteiger partial charge in [-0.05, 0) is 69.0 Å². The molecule has 5 N–H and O–H groups in total. The number of carboxylic acid groups (broad SMARTS) is 1. The molecule has 3 heterocycles. The van der Waals surface area contributed by atoms with E-state index in [1.807, 2.05) is 21.6 Å². The minimum absolute atomic E-state index is 0.0267. The van der Waals surface area contributed by atoms with Crippen LogP contribution in [0.4, 0.5) is 4.39 Å². The van der Waals surface area contributed by atoms with Gasteiger partial charge in [-0.3, -0.25) is 19.9 Å². The molecule has 2 aliphatic heterocycles. The summed E-state index contributed by atoms with van der Waals surface area (Å²) in [5.41, 5.74) is 8.13. The number of likely N-dealkylation sites (tertiary alicyclic amines) is 2. The van der Waals surface area contributed by atoms with Crippen molar-refractivity contribution in [2.75, 3.05) is 26.3 Å². The Kier molecular flexibility index (Phi) is 9.21. The van der Waals surface area contributed by atoms with E-state index in [1.54, 1.807) is 6.07 Å². The summed E-state index contributed by atoms with van der Waals surface area (Å²) in [6.45, 7) is 2.88. The zero-order valence-electron chi connectivity index (χ0n) is 22.5. The van der Waals surface area contributed by atoms with Gasteiger partial charge in [-0.15, -0.1) is 0 Å². The molecule has 39 heavy (non-hydrogen) atoms. The van der Waals surface area contributed by atoms with Gasteiger partial charge in [-0.25, -0.2) is 9.18 Å². The predicted molar refractivity (Wildman–Crippen MR) is 146 cm³/mol. The summed E-state index contributed by atoms with van der Waals surface area (Å²) in [6, 6.07) is 6.44. The van der Waals surface area contributed by atoms with Crippen molar-refractivity contribution in [3.8, 4) is 0 Å². The van der Waals surface area contributed by atoms with E-state index in [9.17, 15) is 23.9 Å². The van der Waals surface area contributed by atoms with E-state index in [-0.39, 0.29) is 42.7 Å². The van der Waals surface area contributed by atoms with Gasteiger partial charge in [-0.2, -0.15) is 0 Å². The molecule has 0 unspecified atom stereocenters. The zero-order chi connectivity index (χ0) is 28.1. The Morgan fingerprint density at radius 3 is 2.64 bits per heavy atom. The molecule has 2 aliphatic rings. The first kappa shape index (κ1) is 28.5. The molecule has 2 aromatic rings. The number of carbonyl (C=O) groups is 3. The van der Waals surface area contributed by atoms with Gasteiger partial charge in [0.25, 0.3) is 0 Å². The molecule has 4 rings (SSSR count). The van der Waals surface area contributed by atoms with Crippen molar-refractivity contribution in [2.24, 2.45) is 5.73 Å². The Bertz CT molecular complexity index is 1230. The lowest BCUT2D eigenvalue weighted by atomic mass is 10.1. The number of alkyl halides is 1. The van der Waals surface area contributed by atoms with E-state index < -0.39 is 18.7 Å². The van der Waals surface area contributed by atoms with Crippen LogP contribution in [0.1, 0.15) is 56.7 Å².